The van der Waals surface area contributed by atoms with Crippen LogP contribution in [0, 0.1) is 0 Å². The topological polar surface area (TPSA) is 72.5 Å². The Morgan fingerprint density at radius 1 is 1.30 bits per heavy atom. The largest absolute Gasteiger partial charge is 0.319 e. The van der Waals surface area contributed by atoms with Gasteiger partial charge in [0.25, 0.3) is 5.78 Å². The van der Waals surface area contributed by atoms with E-state index in [2.05, 4.69) is 4.84 Å². The number of Topliss-reactive ketones (excluding diaryl/α,β-unsaturated/α-hetero) is 2. The van der Waals surface area contributed by atoms with Gasteiger partial charge in [0.15, 0.2) is 0 Å². The van der Waals surface area contributed by atoms with E-state index in [9.17, 15) is 14.4 Å². The first-order valence-electron chi connectivity index (χ1n) is 2.71. The third-order valence-electron chi connectivity index (χ3n) is 1.06. The predicted octanol–water partition coefficient (Wildman–Crippen LogP) is -1.42. The van der Waals surface area contributed by atoms with Crippen LogP contribution in [0.2, 0.25) is 0 Å². The quantitative estimate of drug-likeness (QED) is 0.422. The number of carbonyl (C=O) groups is 3. The highest BCUT2D eigenvalue weighted by molar-refractivity contribution is 6.63. The van der Waals surface area contributed by atoms with Gasteiger partial charge in [0, 0.05) is 6.42 Å². The highest BCUT2D eigenvalue weighted by Gasteiger charge is 2.25. The van der Waals surface area contributed by atoms with E-state index in [0.717, 1.165) is 0 Å². The summed E-state index contributed by atoms with van der Waals surface area (Å²) < 4.78 is 0. The van der Waals surface area contributed by atoms with Gasteiger partial charge in [-0.25, -0.2) is 5.48 Å². The van der Waals surface area contributed by atoms with Gasteiger partial charge >= 0.3 is 5.91 Å². The first kappa shape index (κ1) is 6.88. The fourth-order valence-electron chi connectivity index (χ4n) is 0.547. The highest BCUT2D eigenvalue weighted by atomic mass is 16.7. The monoisotopic (exact) mass is 143 g/mol. The van der Waals surface area contributed by atoms with Crippen molar-refractivity contribution in [3.63, 3.8) is 0 Å². The summed E-state index contributed by atoms with van der Waals surface area (Å²) >= 11 is 0. The minimum absolute atomic E-state index is 0.0302. The molecule has 1 rings (SSSR count). The van der Waals surface area contributed by atoms with Crippen molar-refractivity contribution in [3.8, 4) is 0 Å². The molecule has 0 atom stereocenters. The molecule has 1 fully saturated rings. The fraction of sp³-hybridized carbons (Fsp3) is 0.400. The zero-order chi connectivity index (χ0) is 7.56. The third kappa shape index (κ3) is 1.19. The zero-order valence-electron chi connectivity index (χ0n) is 5.05. The maximum absolute atomic E-state index is 10.5. The Balaban J connectivity index is 2.74. The van der Waals surface area contributed by atoms with Crippen molar-refractivity contribution in [2.75, 3.05) is 6.61 Å². The molecule has 5 heteroatoms. The lowest BCUT2D eigenvalue weighted by Crippen LogP contribution is -2.31. The van der Waals surface area contributed by atoms with E-state index in [4.69, 9.17) is 0 Å². The van der Waals surface area contributed by atoms with Gasteiger partial charge in [0.05, 0.1) is 6.61 Å². The van der Waals surface area contributed by atoms with Crippen LogP contribution in [0.4, 0.5) is 0 Å². The first-order chi connectivity index (χ1) is 4.72. The Labute approximate surface area is 56.3 Å². The molecule has 0 aromatic heterocycles. The van der Waals surface area contributed by atoms with Crippen LogP contribution < -0.4 is 5.48 Å². The number of hydroxylamine groups is 1. The van der Waals surface area contributed by atoms with Gasteiger partial charge in [0.2, 0.25) is 5.78 Å². The number of amides is 1. The Morgan fingerprint density at radius 2 is 2.00 bits per heavy atom. The summed E-state index contributed by atoms with van der Waals surface area (Å²) in [6.07, 6.45) is -0.0302. The van der Waals surface area contributed by atoms with Gasteiger partial charge in [-0.15, -0.1) is 0 Å². The van der Waals surface area contributed by atoms with Crippen molar-refractivity contribution in [3.05, 3.63) is 0 Å². The van der Waals surface area contributed by atoms with Crippen LogP contribution in [0.3, 0.4) is 0 Å². The van der Waals surface area contributed by atoms with Gasteiger partial charge in [-0.3, -0.25) is 19.2 Å². The summed E-state index contributed by atoms with van der Waals surface area (Å²) in [4.78, 5) is 35.9. The Morgan fingerprint density at radius 3 is 2.70 bits per heavy atom. The minimum Gasteiger partial charge on any atom is -0.290 e. The van der Waals surface area contributed by atoms with Crippen molar-refractivity contribution in [1.82, 2.24) is 5.48 Å². The average molecular weight is 143 g/mol. The summed E-state index contributed by atoms with van der Waals surface area (Å²) in [7, 11) is 0. The van der Waals surface area contributed by atoms with E-state index in [-0.39, 0.29) is 13.0 Å². The van der Waals surface area contributed by atoms with E-state index in [1.165, 1.54) is 0 Å². The molecule has 0 saturated carbocycles. The van der Waals surface area contributed by atoms with E-state index >= 15 is 0 Å². The van der Waals surface area contributed by atoms with Gasteiger partial charge in [-0.2, -0.15) is 0 Å². The number of carbonyl (C=O) groups excluding carboxylic acids is 3. The smallest absolute Gasteiger partial charge is 0.290 e. The predicted molar refractivity (Wildman–Crippen MR) is 28.7 cm³/mol. The van der Waals surface area contributed by atoms with Crippen LogP contribution in [0.25, 0.3) is 0 Å². The number of ketones is 2. The second-order valence-electron chi connectivity index (χ2n) is 1.78. The third-order valence-corrected chi connectivity index (χ3v) is 1.06. The molecular formula is C5H5NO4. The summed E-state index contributed by atoms with van der Waals surface area (Å²) in [5.41, 5.74) is 1.82. The SMILES string of the molecule is O=C1CCONC(=O)C1=O. The molecule has 0 unspecified atom stereocenters. The molecule has 0 radical (unpaired) electrons. The van der Waals surface area contributed by atoms with Crippen LogP contribution in [0.5, 0.6) is 0 Å². The molecule has 0 spiro atoms. The number of rotatable bonds is 0. The number of hydrogen-bond acceptors (Lipinski definition) is 4. The maximum atomic E-state index is 10.5. The zero-order valence-corrected chi connectivity index (χ0v) is 5.05. The van der Waals surface area contributed by atoms with Gasteiger partial charge in [-0.05, 0) is 0 Å². The van der Waals surface area contributed by atoms with Crippen molar-refractivity contribution >= 4 is 17.5 Å². The molecule has 1 aliphatic rings. The summed E-state index contributed by atoms with van der Waals surface area (Å²) in [6.45, 7) is 0.0658. The van der Waals surface area contributed by atoms with Gasteiger partial charge in [-0.1, -0.05) is 0 Å². The van der Waals surface area contributed by atoms with Crippen LogP contribution in [-0.2, 0) is 19.2 Å². The second-order valence-corrected chi connectivity index (χ2v) is 1.78. The van der Waals surface area contributed by atoms with Crippen molar-refractivity contribution in [2.24, 2.45) is 0 Å². The molecule has 5 nitrogen and oxygen atoms in total. The molecule has 0 aromatic carbocycles. The Bertz CT molecular complexity index is 178. The van der Waals surface area contributed by atoms with Gasteiger partial charge < -0.3 is 0 Å². The Hall–Kier alpha value is -1.23. The van der Waals surface area contributed by atoms with E-state index < -0.39 is 17.5 Å². The summed E-state index contributed by atoms with van der Waals surface area (Å²) in [6, 6.07) is 0. The van der Waals surface area contributed by atoms with Crippen molar-refractivity contribution in [1.29, 1.82) is 0 Å². The van der Waals surface area contributed by atoms with Crippen LogP contribution >= 0.6 is 0 Å². The van der Waals surface area contributed by atoms with Crippen molar-refractivity contribution < 1.29 is 19.2 Å². The van der Waals surface area contributed by atoms with E-state index in [1.807, 2.05) is 5.48 Å². The van der Waals surface area contributed by atoms with Crippen LogP contribution in [0.1, 0.15) is 6.42 Å². The lowest BCUT2D eigenvalue weighted by molar-refractivity contribution is -0.146. The van der Waals surface area contributed by atoms with E-state index in [0.29, 0.717) is 0 Å². The molecule has 10 heavy (non-hydrogen) atoms. The fourth-order valence-corrected chi connectivity index (χ4v) is 0.547. The first-order valence-corrected chi connectivity index (χ1v) is 2.71. The molecule has 1 amide bonds. The molecule has 54 valence electrons. The molecular weight excluding hydrogens is 138 g/mol. The number of nitrogens with one attached hydrogen (secondary N) is 1. The minimum atomic E-state index is -1.03. The van der Waals surface area contributed by atoms with Gasteiger partial charge in [0.1, 0.15) is 0 Å². The lowest BCUT2D eigenvalue weighted by Gasteiger charge is -1.93. The lowest BCUT2D eigenvalue weighted by atomic mass is 10.2. The van der Waals surface area contributed by atoms with E-state index in [1.54, 1.807) is 0 Å². The molecule has 1 heterocycles. The maximum Gasteiger partial charge on any atom is 0.319 e. The molecule has 1 N–H and O–H groups in total. The second kappa shape index (κ2) is 2.57. The average Bonchev–Trinajstić information content (AvgIpc) is 2.04. The van der Waals surface area contributed by atoms with Crippen LogP contribution in [-0.4, -0.2) is 24.1 Å². The molecule has 1 aliphatic heterocycles. The summed E-state index contributed by atoms with van der Waals surface area (Å²) in [5.74, 6) is -2.71. The highest BCUT2D eigenvalue weighted by Crippen LogP contribution is 1.91. The number of hydrogen-bond donors (Lipinski definition) is 1. The van der Waals surface area contributed by atoms with Crippen molar-refractivity contribution in [2.45, 2.75) is 6.42 Å². The molecule has 0 aromatic rings. The molecule has 0 bridgehead atoms. The Kier molecular flexibility index (Phi) is 1.77. The normalized spacial score (nSPS) is 20.2. The molecule has 0 aliphatic carbocycles. The summed E-state index contributed by atoms with van der Waals surface area (Å²) in [5, 5.41) is 0. The standard InChI is InChI=1S/C5H5NO4/c7-3-1-2-10-6-5(9)4(3)8/h1-2H2,(H,6,9). The molecule has 1 saturated heterocycles. The van der Waals surface area contributed by atoms with Crippen LogP contribution in [0.15, 0.2) is 0 Å².